The number of hydrogen-bond acceptors (Lipinski definition) is 3. The van der Waals surface area contributed by atoms with Crippen LogP contribution in [-0.4, -0.2) is 64.9 Å². The number of aromatic nitrogens is 1. The van der Waals surface area contributed by atoms with Crippen molar-refractivity contribution in [2.45, 2.75) is 71.0 Å². The van der Waals surface area contributed by atoms with E-state index in [1.165, 1.54) is 6.07 Å². The average molecular weight is 443 g/mol. The molecule has 1 unspecified atom stereocenters. The van der Waals surface area contributed by atoms with Crippen molar-refractivity contribution in [2.75, 3.05) is 20.1 Å². The van der Waals surface area contributed by atoms with Gasteiger partial charge in [0.05, 0.1) is 5.52 Å². The predicted molar refractivity (Wildman–Crippen MR) is 124 cm³/mol. The molecule has 32 heavy (non-hydrogen) atoms. The smallest absolute Gasteiger partial charge is 0.267 e. The molecule has 1 aromatic carbocycles. The maximum atomic E-state index is 14.1. The quantitative estimate of drug-likeness (QED) is 0.739. The molecule has 2 aliphatic rings. The lowest BCUT2D eigenvalue weighted by Crippen LogP contribution is -2.47. The third kappa shape index (κ3) is 4.53. The molecule has 2 fully saturated rings. The van der Waals surface area contributed by atoms with Crippen LogP contribution in [-0.2, 0) is 4.79 Å². The Morgan fingerprint density at radius 2 is 2.03 bits per heavy atom. The van der Waals surface area contributed by atoms with Gasteiger partial charge in [-0.2, -0.15) is 0 Å². The number of likely N-dealkylation sites (N-methyl/N-ethyl adjacent to an activating group) is 1. The molecular formula is C25H35FN4O2. The van der Waals surface area contributed by atoms with Gasteiger partial charge in [-0.25, -0.2) is 4.39 Å². The molecule has 1 aliphatic carbocycles. The van der Waals surface area contributed by atoms with Crippen molar-refractivity contribution < 1.29 is 14.0 Å². The molecule has 6 nitrogen and oxygen atoms in total. The number of likely N-dealkylation sites (tertiary alicyclic amines) is 1. The number of carbonyl (C=O) groups excluding carboxylic acids is 2. The van der Waals surface area contributed by atoms with Gasteiger partial charge in [0.15, 0.2) is 0 Å². The van der Waals surface area contributed by atoms with Crippen LogP contribution in [0.3, 0.4) is 0 Å². The number of rotatable bonds is 5. The molecule has 0 spiro atoms. The van der Waals surface area contributed by atoms with Crippen LogP contribution in [0.4, 0.5) is 4.39 Å². The maximum absolute atomic E-state index is 14.1. The van der Waals surface area contributed by atoms with E-state index in [-0.39, 0.29) is 35.6 Å². The van der Waals surface area contributed by atoms with Gasteiger partial charge in [-0.15, -0.1) is 0 Å². The van der Waals surface area contributed by atoms with Gasteiger partial charge in [-0.05, 0) is 56.7 Å². The Bertz CT molecular complexity index is 962. The standard InChI is InChI=1S/C25H35FN4O2/c1-15(2)25(32)29(4)19-10-11-30(14-19)18-7-5-6-17(12-18)27-24(31)22-13-20-21(26)9-8-16(3)23(20)28-22/h8-9,13,15,17-19,28H,5-7,10-12,14H2,1-4H3,(H,27,31)/t17-,18-,19?/m1/s1. The first-order chi connectivity index (χ1) is 15.2. The van der Waals surface area contributed by atoms with Crippen molar-refractivity contribution in [3.63, 3.8) is 0 Å². The van der Waals surface area contributed by atoms with Crippen molar-refractivity contribution in [1.82, 2.24) is 20.1 Å². The molecule has 7 heteroatoms. The SMILES string of the molecule is Cc1ccc(F)c2cc(C(=O)N[C@@H]3CCC[C@@H](N4CCC(N(C)C(=O)C(C)C)C4)C3)[nH]c12. The summed E-state index contributed by atoms with van der Waals surface area (Å²) in [7, 11) is 1.92. The van der Waals surface area contributed by atoms with Gasteiger partial charge in [0.1, 0.15) is 11.5 Å². The number of nitrogens with one attached hydrogen (secondary N) is 2. The Kier molecular flexibility index (Phi) is 6.56. The summed E-state index contributed by atoms with van der Waals surface area (Å²) in [4.78, 5) is 32.8. The van der Waals surface area contributed by atoms with E-state index in [1.54, 1.807) is 12.1 Å². The van der Waals surface area contributed by atoms with E-state index in [0.717, 1.165) is 50.8 Å². The van der Waals surface area contributed by atoms with Crippen LogP contribution < -0.4 is 5.32 Å². The molecule has 0 radical (unpaired) electrons. The number of amides is 2. The van der Waals surface area contributed by atoms with Crippen LogP contribution in [0.15, 0.2) is 18.2 Å². The topological polar surface area (TPSA) is 68.4 Å². The number of carbonyl (C=O) groups is 2. The number of benzene rings is 1. The lowest BCUT2D eigenvalue weighted by atomic mass is 9.90. The zero-order valence-electron chi connectivity index (χ0n) is 19.6. The number of aromatic amines is 1. The molecule has 1 saturated heterocycles. The normalized spacial score (nSPS) is 24.2. The second-order valence-corrected chi connectivity index (χ2v) is 9.87. The third-order valence-electron chi connectivity index (χ3n) is 7.28. The lowest BCUT2D eigenvalue weighted by Gasteiger charge is -2.36. The molecule has 2 aromatic rings. The molecule has 4 rings (SSSR count). The summed E-state index contributed by atoms with van der Waals surface area (Å²) in [5.74, 6) is -0.267. The van der Waals surface area contributed by atoms with Crippen molar-refractivity contribution in [3.8, 4) is 0 Å². The highest BCUT2D eigenvalue weighted by Gasteiger charge is 2.35. The highest BCUT2D eigenvalue weighted by atomic mass is 19.1. The molecular weight excluding hydrogens is 407 g/mol. The van der Waals surface area contributed by atoms with Gasteiger partial charge in [-0.3, -0.25) is 14.5 Å². The van der Waals surface area contributed by atoms with Crippen LogP contribution in [0.2, 0.25) is 0 Å². The van der Waals surface area contributed by atoms with Gasteiger partial charge >= 0.3 is 0 Å². The Labute approximate surface area is 189 Å². The van der Waals surface area contributed by atoms with Crippen molar-refractivity contribution in [2.24, 2.45) is 5.92 Å². The number of hydrogen-bond donors (Lipinski definition) is 2. The van der Waals surface area contributed by atoms with Crippen LogP contribution in [0.5, 0.6) is 0 Å². The zero-order chi connectivity index (χ0) is 23.0. The number of nitrogens with zero attached hydrogens (tertiary/aromatic N) is 2. The Hall–Kier alpha value is -2.41. The van der Waals surface area contributed by atoms with Gasteiger partial charge < -0.3 is 15.2 Å². The molecule has 174 valence electrons. The summed E-state index contributed by atoms with van der Waals surface area (Å²) in [6.07, 6.45) is 5.06. The van der Waals surface area contributed by atoms with Gasteiger partial charge in [-0.1, -0.05) is 19.9 Å². The van der Waals surface area contributed by atoms with Crippen molar-refractivity contribution in [1.29, 1.82) is 0 Å². The van der Waals surface area contributed by atoms with Crippen LogP contribution in [0, 0.1) is 18.7 Å². The van der Waals surface area contributed by atoms with Gasteiger partial charge in [0, 0.05) is 49.6 Å². The molecule has 1 aromatic heterocycles. The fourth-order valence-electron chi connectivity index (χ4n) is 5.34. The summed E-state index contributed by atoms with van der Waals surface area (Å²) in [5, 5.41) is 3.63. The largest absolute Gasteiger partial charge is 0.350 e. The first-order valence-corrected chi connectivity index (χ1v) is 11.8. The fourth-order valence-corrected chi connectivity index (χ4v) is 5.34. The van der Waals surface area contributed by atoms with E-state index in [1.807, 2.05) is 32.7 Å². The highest BCUT2D eigenvalue weighted by Crippen LogP contribution is 2.28. The summed E-state index contributed by atoms with van der Waals surface area (Å²) in [5.41, 5.74) is 2.01. The third-order valence-corrected chi connectivity index (χ3v) is 7.28. The number of aryl methyl sites for hydroxylation is 1. The molecule has 2 amide bonds. The van der Waals surface area contributed by atoms with Gasteiger partial charge in [0.2, 0.25) is 5.91 Å². The Balaban J connectivity index is 1.36. The second-order valence-electron chi connectivity index (χ2n) is 9.87. The van der Waals surface area contributed by atoms with E-state index in [4.69, 9.17) is 0 Å². The second kappa shape index (κ2) is 9.22. The number of H-pyrrole nitrogens is 1. The molecule has 3 atom stereocenters. The predicted octanol–water partition coefficient (Wildman–Crippen LogP) is 3.85. The first-order valence-electron chi connectivity index (χ1n) is 11.8. The van der Waals surface area contributed by atoms with E-state index in [9.17, 15) is 14.0 Å². The van der Waals surface area contributed by atoms with E-state index in [0.29, 0.717) is 22.6 Å². The minimum absolute atomic E-state index is 0.0187. The van der Waals surface area contributed by atoms with E-state index >= 15 is 0 Å². The van der Waals surface area contributed by atoms with E-state index in [2.05, 4.69) is 15.2 Å². The van der Waals surface area contributed by atoms with Gasteiger partial charge in [0.25, 0.3) is 5.91 Å². The molecule has 2 N–H and O–H groups in total. The highest BCUT2D eigenvalue weighted by molar-refractivity contribution is 5.99. The van der Waals surface area contributed by atoms with Crippen LogP contribution >= 0.6 is 0 Å². The summed E-state index contributed by atoms with van der Waals surface area (Å²) < 4.78 is 14.1. The Morgan fingerprint density at radius 3 is 2.75 bits per heavy atom. The van der Waals surface area contributed by atoms with E-state index < -0.39 is 0 Å². The fraction of sp³-hybridized carbons (Fsp3) is 0.600. The summed E-state index contributed by atoms with van der Waals surface area (Å²) in [6.45, 7) is 7.69. The first kappa shape index (κ1) is 22.8. The zero-order valence-corrected chi connectivity index (χ0v) is 19.6. The summed E-state index contributed by atoms with van der Waals surface area (Å²) in [6, 6.07) is 5.56. The summed E-state index contributed by atoms with van der Waals surface area (Å²) >= 11 is 0. The average Bonchev–Trinajstić information content (AvgIpc) is 3.44. The minimum Gasteiger partial charge on any atom is -0.350 e. The van der Waals surface area contributed by atoms with Crippen molar-refractivity contribution >= 4 is 22.7 Å². The molecule has 1 aliphatic heterocycles. The van der Waals surface area contributed by atoms with Crippen LogP contribution in [0.1, 0.15) is 62.0 Å². The monoisotopic (exact) mass is 442 g/mol. The number of fused-ring (bicyclic) bond motifs is 1. The Morgan fingerprint density at radius 1 is 1.25 bits per heavy atom. The number of halogens is 1. The van der Waals surface area contributed by atoms with Crippen LogP contribution in [0.25, 0.3) is 10.9 Å². The lowest BCUT2D eigenvalue weighted by molar-refractivity contribution is -0.135. The molecule has 0 bridgehead atoms. The molecule has 2 heterocycles. The minimum atomic E-state index is -0.317. The van der Waals surface area contributed by atoms with Crippen molar-refractivity contribution in [3.05, 3.63) is 35.3 Å². The maximum Gasteiger partial charge on any atom is 0.267 e. The molecule has 1 saturated carbocycles.